The van der Waals surface area contributed by atoms with Crippen molar-refractivity contribution >= 4 is 27.5 Å². The van der Waals surface area contributed by atoms with Gasteiger partial charge >= 0.3 is 0 Å². The second kappa shape index (κ2) is 7.38. The third-order valence-electron chi connectivity index (χ3n) is 3.28. The van der Waals surface area contributed by atoms with Crippen LogP contribution in [0.5, 0.6) is 0 Å². The molecule has 0 fully saturated rings. The normalized spacial score (nSPS) is 12.6. The summed E-state index contributed by atoms with van der Waals surface area (Å²) in [5, 5.41) is 8.16. The summed E-state index contributed by atoms with van der Waals surface area (Å²) in [4.78, 5) is 0. The molecule has 1 atom stereocenters. The van der Waals surface area contributed by atoms with E-state index in [1.165, 1.54) is 6.07 Å². The summed E-state index contributed by atoms with van der Waals surface area (Å²) < 4.78 is 16.9. The number of nitrogens with zero attached hydrogens (tertiary/aromatic N) is 2. The Morgan fingerprint density at radius 2 is 2.19 bits per heavy atom. The van der Waals surface area contributed by atoms with Crippen LogP contribution in [0.25, 0.3) is 0 Å². The van der Waals surface area contributed by atoms with Crippen LogP contribution in [0.3, 0.4) is 0 Å². The predicted molar refractivity (Wildman–Crippen MR) is 87.1 cm³/mol. The van der Waals surface area contributed by atoms with E-state index in [2.05, 4.69) is 33.3 Å². The topological polar surface area (TPSA) is 29.9 Å². The molecule has 0 radical (unpaired) electrons. The van der Waals surface area contributed by atoms with Crippen LogP contribution in [-0.4, -0.2) is 16.3 Å². The molecule has 1 aromatic carbocycles. The van der Waals surface area contributed by atoms with Gasteiger partial charge in [-0.05, 0) is 32.0 Å². The maximum absolute atomic E-state index is 14.3. The number of halogens is 3. The molecule has 0 saturated heterocycles. The Balaban J connectivity index is 2.49. The zero-order valence-corrected chi connectivity index (χ0v) is 14.4. The number of aromatic nitrogens is 2. The van der Waals surface area contributed by atoms with Crippen molar-refractivity contribution < 1.29 is 4.39 Å². The number of aryl methyl sites for hydroxylation is 1. The quantitative estimate of drug-likeness (QED) is 0.804. The minimum absolute atomic E-state index is 0.266. The van der Waals surface area contributed by atoms with E-state index in [1.807, 2.05) is 13.0 Å². The standard InChI is InChI=1S/C15H18BrClFN3/c1-3-7-19-14(11-6-5-10(16)8-13(11)18)15-12(17)9-20-21(15)4-2/h5-6,8-9,14,19H,3-4,7H2,1-2H3. The van der Waals surface area contributed by atoms with Crippen molar-refractivity contribution in [1.29, 1.82) is 0 Å². The average molecular weight is 375 g/mol. The fourth-order valence-electron chi connectivity index (χ4n) is 2.29. The van der Waals surface area contributed by atoms with Crippen LogP contribution in [0.2, 0.25) is 5.02 Å². The summed E-state index contributed by atoms with van der Waals surface area (Å²) >= 11 is 9.56. The summed E-state index contributed by atoms with van der Waals surface area (Å²) in [5.41, 5.74) is 1.37. The number of nitrogens with one attached hydrogen (secondary N) is 1. The first kappa shape index (κ1) is 16.5. The van der Waals surface area contributed by atoms with Crippen LogP contribution in [0.1, 0.15) is 37.6 Å². The second-order valence-corrected chi connectivity index (χ2v) is 6.07. The van der Waals surface area contributed by atoms with Gasteiger partial charge in [0.2, 0.25) is 0 Å². The molecular weight excluding hydrogens is 357 g/mol. The number of hydrogen-bond acceptors (Lipinski definition) is 2. The van der Waals surface area contributed by atoms with Crippen LogP contribution in [0.4, 0.5) is 4.39 Å². The Labute approximate surface area is 137 Å². The highest BCUT2D eigenvalue weighted by Gasteiger charge is 2.24. The van der Waals surface area contributed by atoms with Crippen molar-refractivity contribution in [2.45, 2.75) is 32.9 Å². The monoisotopic (exact) mass is 373 g/mol. The number of benzene rings is 1. The SMILES string of the molecule is CCCNC(c1ccc(Br)cc1F)c1c(Cl)cnn1CC. The molecule has 2 rings (SSSR count). The van der Waals surface area contributed by atoms with Crippen LogP contribution >= 0.6 is 27.5 Å². The molecule has 0 spiro atoms. The van der Waals surface area contributed by atoms with E-state index in [-0.39, 0.29) is 11.9 Å². The molecule has 114 valence electrons. The lowest BCUT2D eigenvalue weighted by Crippen LogP contribution is -2.27. The van der Waals surface area contributed by atoms with Crippen molar-refractivity contribution in [3.8, 4) is 0 Å². The highest BCUT2D eigenvalue weighted by Crippen LogP contribution is 2.31. The summed E-state index contributed by atoms with van der Waals surface area (Å²) in [6, 6.07) is 4.76. The molecule has 0 saturated carbocycles. The Kier molecular flexibility index (Phi) is 5.79. The number of hydrogen-bond donors (Lipinski definition) is 1. The summed E-state index contributed by atoms with van der Waals surface area (Å²) in [6.45, 7) is 5.51. The average Bonchev–Trinajstić information content (AvgIpc) is 2.82. The molecule has 2 aromatic rings. The zero-order valence-electron chi connectivity index (χ0n) is 12.0. The predicted octanol–water partition coefficient (Wildman–Crippen LogP) is 4.55. The van der Waals surface area contributed by atoms with Gasteiger partial charge in [0.15, 0.2) is 0 Å². The number of rotatable bonds is 6. The van der Waals surface area contributed by atoms with Crippen LogP contribution < -0.4 is 5.32 Å². The molecule has 0 aliphatic carbocycles. The van der Waals surface area contributed by atoms with Crippen molar-refractivity contribution in [1.82, 2.24) is 15.1 Å². The van der Waals surface area contributed by atoms with Gasteiger partial charge < -0.3 is 5.32 Å². The smallest absolute Gasteiger partial charge is 0.129 e. The molecule has 0 amide bonds. The highest BCUT2D eigenvalue weighted by atomic mass is 79.9. The molecule has 1 heterocycles. The van der Waals surface area contributed by atoms with Crippen molar-refractivity contribution in [3.05, 3.63) is 51.0 Å². The Morgan fingerprint density at radius 3 is 2.81 bits per heavy atom. The Bertz CT molecular complexity index is 615. The lowest BCUT2D eigenvalue weighted by molar-refractivity contribution is 0.505. The van der Waals surface area contributed by atoms with Crippen molar-refractivity contribution in [2.24, 2.45) is 0 Å². The first-order valence-electron chi connectivity index (χ1n) is 6.98. The third kappa shape index (κ3) is 3.65. The Morgan fingerprint density at radius 1 is 1.43 bits per heavy atom. The molecule has 1 unspecified atom stereocenters. The van der Waals surface area contributed by atoms with Gasteiger partial charge in [0, 0.05) is 16.6 Å². The van der Waals surface area contributed by atoms with E-state index in [0.29, 0.717) is 21.6 Å². The molecule has 0 aliphatic rings. The van der Waals surface area contributed by atoms with E-state index in [4.69, 9.17) is 11.6 Å². The minimum atomic E-state index is -0.312. The van der Waals surface area contributed by atoms with Gasteiger partial charge in [0.05, 0.1) is 23.0 Å². The fourth-order valence-corrected chi connectivity index (χ4v) is 2.87. The minimum Gasteiger partial charge on any atom is -0.305 e. The maximum atomic E-state index is 14.3. The molecule has 1 aromatic heterocycles. The first-order valence-corrected chi connectivity index (χ1v) is 8.15. The molecule has 0 bridgehead atoms. The van der Waals surface area contributed by atoms with Crippen molar-refractivity contribution in [2.75, 3.05) is 6.54 Å². The lowest BCUT2D eigenvalue weighted by Gasteiger charge is -2.21. The van der Waals surface area contributed by atoms with Crippen molar-refractivity contribution in [3.63, 3.8) is 0 Å². The third-order valence-corrected chi connectivity index (χ3v) is 4.06. The molecule has 21 heavy (non-hydrogen) atoms. The lowest BCUT2D eigenvalue weighted by atomic mass is 10.0. The van der Waals surface area contributed by atoms with E-state index in [0.717, 1.165) is 18.7 Å². The summed E-state index contributed by atoms with van der Waals surface area (Å²) in [7, 11) is 0. The van der Waals surface area contributed by atoms with E-state index < -0.39 is 0 Å². The maximum Gasteiger partial charge on any atom is 0.129 e. The summed E-state index contributed by atoms with van der Waals surface area (Å²) in [6.07, 6.45) is 2.56. The Hall–Kier alpha value is -0.910. The van der Waals surface area contributed by atoms with E-state index >= 15 is 0 Å². The van der Waals surface area contributed by atoms with Gasteiger partial charge in [-0.1, -0.05) is 40.5 Å². The van der Waals surface area contributed by atoms with E-state index in [9.17, 15) is 4.39 Å². The highest BCUT2D eigenvalue weighted by molar-refractivity contribution is 9.10. The second-order valence-electron chi connectivity index (χ2n) is 4.75. The molecular formula is C15H18BrClFN3. The van der Waals surface area contributed by atoms with Gasteiger partial charge in [-0.15, -0.1) is 0 Å². The van der Waals surface area contributed by atoms with Crippen LogP contribution in [-0.2, 0) is 6.54 Å². The van der Waals surface area contributed by atoms with Gasteiger partial charge in [0.25, 0.3) is 0 Å². The summed E-state index contributed by atoms with van der Waals surface area (Å²) in [5.74, 6) is -0.266. The van der Waals surface area contributed by atoms with Crippen LogP contribution in [0, 0.1) is 5.82 Å². The molecule has 1 N–H and O–H groups in total. The largest absolute Gasteiger partial charge is 0.305 e. The van der Waals surface area contributed by atoms with Gasteiger partial charge in [-0.2, -0.15) is 5.10 Å². The van der Waals surface area contributed by atoms with E-state index in [1.54, 1.807) is 16.9 Å². The first-order chi connectivity index (χ1) is 10.1. The zero-order chi connectivity index (χ0) is 15.4. The molecule has 3 nitrogen and oxygen atoms in total. The van der Waals surface area contributed by atoms with Crippen LogP contribution in [0.15, 0.2) is 28.9 Å². The molecule has 6 heteroatoms. The fraction of sp³-hybridized carbons (Fsp3) is 0.400. The van der Waals surface area contributed by atoms with Gasteiger partial charge in [0.1, 0.15) is 5.82 Å². The molecule has 0 aliphatic heterocycles. The van der Waals surface area contributed by atoms with Gasteiger partial charge in [-0.25, -0.2) is 4.39 Å². The van der Waals surface area contributed by atoms with Gasteiger partial charge in [-0.3, -0.25) is 4.68 Å².